The Labute approximate surface area is 160 Å². The Hall–Kier alpha value is -1.38. The molecule has 4 atom stereocenters. The van der Waals surface area contributed by atoms with E-state index >= 15 is 0 Å². The maximum atomic E-state index is 12.8. The Morgan fingerprint density at radius 3 is 2.27 bits per heavy atom. The summed E-state index contributed by atoms with van der Waals surface area (Å²) in [7, 11) is 0. The van der Waals surface area contributed by atoms with Crippen molar-refractivity contribution in [3.63, 3.8) is 0 Å². The molecule has 148 valence electrons. The van der Waals surface area contributed by atoms with Crippen molar-refractivity contribution in [2.75, 3.05) is 6.61 Å². The van der Waals surface area contributed by atoms with Crippen LogP contribution in [0.25, 0.3) is 0 Å². The third-order valence-corrected chi connectivity index (χ3v) is 6.32. The van der Waals surface area contributed by atoms with E-state index in [0.29, 0.717) is 24.4 Å². The van der Waals surface area contributed by atoms with E-state index in [1.54, 1.807) is 0 Å². The van der Waals surface area contributed by atoms with Crippen LogP contribution in [0.5, 0.6) is 0 Å². The highest BCUT2D eigenvalue weighted by Crippen LogP contribution is 2.42. The number of hydrogen-bond donors (Lipinski definition) is 0. The first-order valence-corrected chi connectivity index (χ1v) is 10.3. The molecule has 0 aliphatic rings. The Morgan fingerprint density at radius 2 is 1.77 bits per heavy atom. The lowest BCUT2D eigenvalue weighted by molar-refractivity contribution is -0.159. The Kier molecular flexibility index (Phi) is 9.32. The second-order valence-corrected chi connectivity index (χ2v) is 8.40. The van der Waals surface area contributed by atoms with Crippen LogP contribution in [-0.2, 0) is 9.53 Å². The van der Waals surface area contributed by atoms with E-state index in [9.17, 15) is 4.79 Å². The van der Waals surface area contributed by atoms with Crippen molar-refractivity contribution in [1.82, 2.24) is 4.98 Å². The maximum absolute atomic E-state index is 12.8. The highest BCUT2D eigenvalue weighted by atomic mass is 16.5. The van der Waals surface area contributed by atoms with E-state index in [1.807, 2.05) is 12.4 Å². The molecule has 0 aliphatic carbocycles. The number of carbonyl (C=O) groups is 1. The molecule has 4 unspecified atom stereocenters. The Morgan fingerprint density at radius 1 is 1.15 bits per heavy atom. The van der Waals surface area contributed by atoms with Gasteiger partial charge in [0.15, 0.2) is 0 Å². The van der Waals surface area contributed by atoms with E-state index in [1.165, 1.54) is 5.56 Å². The number of esters is 1. The van der Waals surface area contributed by atoms with Gasteiger partial charge in [-0.15, -0.1) is 0 Å². The van der Waals surface area contributed by atoms with Crippen molar-refractivity contribution >= 4 is 5.97 Å². The van der Waals surface area contributed by atoms with Gasteiger partial charge in [-0.25, -0.2) is 0 Å². The smallest absolute Gasteiger partial charge is 0.312 e. The average Bonchev–Trinajstić information content (AvgIpc) is 2.62. The summed E-state index contributed by atoms with van der Waals surface area (Å²) in [4.78, 5) is 17.0. The van der Waals surface area contributed by atoms with Gasteiger partial charge in [-0.2, -0.15) is 0 Å². The maximum Gasteiger partial charge on any atom is 0.312 e. The van der Waals surface area contributed by atoms with Crippen LogP contribution in [-0.4, -0.2) is 17.6 Å². The lowest BCUT2D eigenvalue weighted by Crippen LogP contribution is -2.38. The van der Waals surface area contributed by atoms with Gasteiger partial charge >= 0.3 is 5.97 Å². The molecule has 0 fully saturated rings. The quantitative estimate of drug-likeness (QED) is 0.346. The molecular formula is C23H39NO2. The predicted octanol–water partition coefficient (Wildman–Crippen LogP) is 6.24. The van der Waals surface area contributed by atoms with Crippen molar-refractivity contribution in [2.45, 2.75) is 80.1 Å². The molecule has 3 nitrogen and oxygen atoms in total. The van der Waals surface area contributed by atoms with Gasteiger partial charge in [0.05, 0.1) is 12.0 Å². The Balaban J connectivity index is 2.88. The zero-order valence-corrected chi connectivity index (χ0v) is 17.9. The van der Waals surface area contributed by atoms with Crippen LogP contribution in [0.15, 0.2) is 24.5 Å². The highest BCUT2D eigenvalue weighted by molar-refractivity contribution is 5.76. The molecule has 0 aromatic carbocycles. The standard InChI is InChI=1S/C23H39NO2/c1-8-10-15-26-22(25)23(7,17(3)4)16-18(5)19(6)21(9-2)20-11-13-24-14-12-20/h11-14,17-19,21H,8-10,15-16H2,1-7H3. The number of unbranched alkanes of at least 4 members (excludes halogenated alkanes) is 1. The van der Waals surface area contributed by atoms with Crippen LogP contribution in [0.1, 0.15) is 85.6 Å². The molecule has 0 bridgehead atoms. The number of rotatable bonds is 11. The van der Waals surface area contributed by atoms with E-state index in [0.717, 1.165) is 25.7 Å². The van der Waals surface area contributed by atoms with Gasteiger partial charge in [-0.05, 0) is 67.6 Å². The molecule has 1 heterocycles. The molecule has 0 spiro atoms. The van der Waals surface area contributed by atoms with Crippen LogP contribution in [0, 0.1) is 23.2 Å². The third-order valence-electron chi connectivity index (χ3n) is 6.32. The molecule has 1 aromatic heterocycles. The first kappa shape index (κ1) is 22.7. The SMILES string of the molecule is CCCCOC(=O)C(C)(CC(C)C(C)C(CC)c1ccncc1)C(C)C. The summed E-state index contributed by atoms with van der Waals surface area (Å²) >= 11 is 0. The zero-order valence-electron chi connectivity index (χ0n) is 17.9. The van der Waals surface area contributed by atoms with Crippen LogP contribution in [0.3, 0.4) is 0 Å². The minimum absolute atomic E-state index is 0.0306. The lowest BCUT2D eigenvalue weighted by Gasteiger charge is -2.37. The second-order valence-electron chi connectivity index (χ2n) is 8.40. The number of hydrogen-bond acceptors (Lipinski definition) is 3. The van der Waals surface area contributed by atoms with Crippen molar-refractivity contribution in [3.8, 4) is 0 Å². The van der Waals surface area contributed by atoms with E-state index < -0.39 is 5.41 Å². The van der Waals surface area contributed by atoms with Crippen molar-refractivity contribution in [2.24, 2.45) is 23.2 Å². The van der Waals surface area contributed by atoms with Crippen LogP contribution in [0.2, 0.25) is 0 Å². The number of nitrogens with zero attached hydrogens (tertiary/aromatic N) is 1. The van der Waals surface area contributed by atoms with E-state index in [4.69, 9.17) is 4.74 Å². The molecule has 1 rings (SSSR count). The van der Waals surface area contributed by atoms with Crippen molar-refractivity contribution < 1.29 is 9.53 Å². The summed E-state index contributed by atoms with van der Waals surface area (Å²) in [6.07, 6.45) is 7.68. The zero-order chi connectivity index (χ0) is 19.7. The molecule has 26 heavy (non-hydrogen) atoms. The number of aromatic nitrogens is 1. The molecule has 0 amide bonds. The molecule has 3 heteroatoms. The summed E-state index contributed by atoms with van der Waals surface area (Å²) in [5, 5.41) is 0. The third kappa shape index (κ3) is 5.82. The monoisotopic (exact) mass is 361 g/mol. The molecule has 0 aliphatic heterocycles. The fourth-order valence-electron chi connectivity index (χ4n) is 3.80. The van der Waals surface area contributed by atoms with Gasteiger partial charge in [0.25, 0.3) is 0 Å². The lowest BCUT2D eigenvalue weighted by atomic mass is 9.68. The topological polar surface area (TPSA) is 39.2 Å². The van der Waals surface area contributed by atoms with Gasteiger partial charge in [-0.3, -0.25) is 9.78 Å². The Bertz CT molecular complexity index is 528. The number of carbonyl (C=O) groups excluding carboxylic acids is 1. The van der Waals surface area contributed by atoms with Gasteiger partial charge in [0, 0.05) is 12.4 Å². The van der Waals surface area contributed by atoms with Gasteiger partial charge in [0.1, 0.15) is 0 Å². The molecule has 0 saturated carbocycles. The average molecular weight is 362 g/mol. The normalized spacial score (nSPS) is 17.4. The molecule has 0 N–H and O–H groups in total. The first-order valence-electron chi connectivity index (χ1n) is 10.3. The summed E-state index contributed by atoms with van der Waals surface area (Å²) in [5.74, 6) is 1.63. The van der Waals surface area contributed by atoms with Crippen molar-refractivity contribution in [3.05, 3.63) is 30.1 Å². The predicted molar refractivity (Wildman–Crippen MR) is 109 cm³/mol. The molecule has 0 saturated heterocycles. The number of pyridine rings is 1. The number of ether oxygens (including phenoxy) is 1. The first-order chi connectivity index (χ1) is 12.3. The fourth-order valence-corrected chi connectivity index (χ4v) is 3.80. The van der Waals surface area contributed by atoms with Crippen LogP contribution >= 0.6 is 0 Å². The molecule has 0 radical (unpaired) electrons. The van der Waals surface area contributed by atoms with Gasteiger partial charge in [-0.1, -0.05) is 48.0 Å². The summed E-state index contributed by atoms with van der Waals surface area (Å²) < 4.78 is 5.61. The highest BCUT2D eigenvalue weighted by Gasteiger charge is 2.41. The molecule has 1 aromatic rings. The largest absolute Gasteiger partial charge is 0.465 e. The minimum Gasteiger partial charge on any atom is -0.465 e. The summed E-state index contributed by atoms with van der Waals surface area (Å²) in [6, 6.07) is 4.25. The van der Waals surface area contributed by atoms with Crippen LogP contribution in [0.4, 0.5) is 0 Å². The van der Waals surface area contributed by atoms with Crippen molar-refractivity contribution in [1.29, 1.82) is 0 Å². The summed E-state index contributed by atoms with van der Waals surface area (Å²) in [5.41, 5.74) is 0.913. The summed E-state index contributed by atoms with van der Waals surface area (Å²) in [6.45, 7) is 15.9. The van der Waals surface area contributed by atoms with Gasteiger partial charge < -0.3 is 4.74 Å². The van der Waals surface area contributed by atoms with Crippen LogP contribution < -0.4 is 0 Å². The molecular weight excluding hydrogens is 322 g/mol. The fraction of sp³-hybridized carbons (Fsp3) is 0.739. The second kappa shape index (κ2) is 10.7. The minimum atomic E-state index is -0.433. The van der Waals surface area contributed by atoms with E-state index in [2.05, 4.69) is 65.6 Å². The van der Waals surface area contributed by atoms with E-state index in [-0.39, 0.29) is 11.9 Å². The van der Waals surface area contributed by atoms with Gasteiger partial charge in [0.2, 0.25) is 0 Å².